The lowest BCUT2D eigenvalue weighted by Crippen LogP contribution is -2.12. The van der Waals surface area contributed by atoms with Gasteiger partial charge in [-0.2, -0.15) is 0 Å². The highest BCUT2D eigenvalue weighted by molar-refractivity contribution is 5.91. The topological polar surface area (TPSA) is 29.1 Å². The first-order valence-electron chi connectivity index (χ1n) is 6.07. The summed E-state index contributed by atoms with van der Waals surface area (Å²) in [6.45, 7) is 4.30. The fourth-order valence-corrected chi connectivity index (χ4v) is 2.31. The van der Waals surface area contributed by atoms with Crippen LogP contribution in [0.1, 0.15) is 49.7 Å². The number of benzene rings is 1. The molecule has 0 saturated heterocycles. The number of fused-ring (bicyclic) bond motifs is 1. The van der Waals surface area contributed by atoms with E-state index >= 15 is 0 Å². The average Bonchev–Trinajstić information content (AvgIpc) is 2.29. The van der Waals surface area contributed by atoms with E-state index in [9.17, 15) is 4.79 Å². The Bertz CT molecular complexity index is 398. The summed E-state index contributed by atoms with van der Waals surface area (Å²) < 4.78 is 0. The zero-order chi connectivity index (χ0) is 11.5. The maximum absolute atomic E-state index is 11.7. The maximum Gasteiger partial charge on any atom is 0.224 e. The van der Waals surface area contributed by atoms with Crippen molar-refractivity contribution in [2.75, 3.05) is 5.32 Å². The van der Waals surface area contributed by atoms with Crippen LogP contribution in [0.3, 0.4) is 0 Å². The molecule has 1 N–H and O–H groups in total. The van der Waals surface area contributed by atoms with Crippen molar-refractivity contribution in [3.8, 4) is 0 Å². The second-order valence-electron chi connectivity index (χ2n) is 4.79. The number of carbonyl (C=O) groups excluding carboxylic acids is 1. The molecule has 0 saturated carbocycles. The summed E-state index contributed by atoms with van der Waals surface area (Å²) in [5.41, 5.74) is 3.49. The van der Waals surface area contributed by atoms with E-state index in [2.05, 4.69) is 37.4 Å². The van der Waals surface area contributed by atoms with Gasteiger partial charge in [-0.25, -0.2) is 0 Å². The van der Waals surface area contributed by atoms with Crippen LogP contribution in [0.4, 0.5) is 5.69 Å². The second kappa shape index (κ2) is 4.69. The van der Waals surface area contributed by atoms with Crippen LogP contribution in [0.15, 0.2) is 18.2 Å². The van der Waals surface area contributed by atoms with Gasteiger partial charge in [-0.1, -0.05) is 25.5 Å². The van der Waals surface area contributed by atoms with Gasteiger partial charge in [-0.05, 0) is 42.9 Å². The number of hydrogen-bond donors (Lipinski definition) is 1. The molecule has 0 spiro atoms. The first kappa shape index (κ1) is 11.2. The predicted molar refractivity (Wildman–Crippen MR) is 66.7 cm³/mol. The fraction of sp³-hybridized carbons (Fsp3) is 0.500. The average molecular weight is 217 g/mol. The standard InChI is InChI=1S/C14H19NO/c1-10-7-8-12-11(2)5-3-4-6-14(16)15-13(12)9-10/h7-9,11H,3-6H2,1-2H3,(H,15,16). The van der Waals surface area contributed by atoms with Crippen molar-refractivity contribution in [2.24, 2.45) is 0 Å². The zero-order valence-corrected chi connectivity index (χ0v) is 10.0. The SMILES string of the molecule is Cc1ccc2c(c1)NC(=O)CCCCC2C. The summed E-state index contributed by atoms with van der Waals surface area (Å²) >= 11 is 0. The number of anilines is 1. The summed E-state index contributed by atoms with van der Waals surface area (Å²) in [6.07, 6.45) is 3.97. The lowest BCUT2D eigenvalue weighted by molar-refractivity contribution is -0.116. The fourth-order valence-electron chi connectivity index (χ4n) is 2.31. The number of hydrogen-bond acceptors (Lipinski definition) is 1. The number of amides is 1. The van der Waals surface area contributed by atoms with Crippen molar-refractivity contribution in [1.82, 2.24) is 0 Å². The minimum Gasteiger partial charge on any atom is -0.326 e. The van der Waals surface area contributed by atoms with Crippen molar-refractivity contribution >= 4 is 11.6 Å². The number of aryl methyl sites for hydroxylation is 1. The Balaban J connectivity index is 2.38. The summed E-state index contributed by atoms with van der Waals surface area (Å²) in [4.78, 5) is 11.7. The van der Waals surface area contributed by atoms with Crippen LogP contribution in [-0.4, -0.2) is 5.91 Å². The van der Waals surface area contributed by atoms with Gasteiger partial charge in [0.1, 0.15) is 0 Å². The van der Waals surface area contributed by atoms with E-state index in [0.29, 0.717) is 12.3 Å². The first-order chi connectivity index (χ1) is 7.66. The molecular formula is C14H19NO. The molecule has 0 aliphatic carbocycles. The van der Waals surface area contributed by atoms with Gasteiger partial charge in [-0.15, -0.1) is 0 Å². The summed E-state index contributed by atoms with van der Waals surface area (Å²) in [7, 11) is 0. The van der Waals surface area contributed by atoms with E-state index in [1.807, 2.05) is 0 Å². The Morgan fingerprint density at radius 2 is 2.12 bits per heavy atom. The largest absolute Gasteiger partial charge is 0.326 e. The molecule has 2 rings (SSSR count). The van der Waals surface area contributed by atoms with Crippen molar-refractivity contribution in [2.45, 2.75) is 45.4 Å². The Labute approximate surface area is 97.1 Å². The molecule has 0 fully saturated rings. The van der Waals surface area contributed by atoms with Crippen LogP contribution in [0.5, 0.6) is 0 Å². The highest BCUT2D eigenvalue weighted by Gasteiger charge is 2.15. The van der Waals surface area contributed by atoms with Crippen LogP contribution in [0.25, 0.3) is 0 Å². The maximum atomic E-state index is 11.7. The normalized spacial score (nSPS) is 21.4. The molecule has 2 heteroatoms. The molecule has 86 valence electrons. The number of carbonyl (C=O) groups is 1. The Hall–Kier alpha value is -1.31. The van der Waals surface area contributed by atoms with Gasteiger partial charge in [0.25, 0.3) is 0 Å². The molecule has 1 aliphatic heterocycles. The van der Waals surface area contributed by atoms with Crippen LogP contribution >= 0.6 is 0 Å². The summed E-state index contributed by atoms with van der Waals surface area (Å²) in [6, 6.07) is 6.36. The van der Waals surface area contributed by atoms with E-state index in [-0.39, 0.29) is 5.91 Å². The molecule has 0 aromatic heterocycles. The van der Waals surface area contributed by atoms with Gasteiger partial charge in [0.15, 0.2) is 0 Å². The smallest absolute Gasteiger partial charge is 0.224 e. The van der Waals surface area contributed by atoms with Gasteiger partial charge in [0.2, 0.25) is 5.91 Å². The summed E-state index contributed by atoms with van der Waals surface area (Å²) in [5, 5.41) is 3.03. The molecule has 16 heavy (non-hydrogen) atoms. The predicted octanol–water partition coefficient (Wildman–Crippen LogP) is 3.61. The molecular weight excluding hydrogens is 198 g/mol. The Kier molecular flexibility index (Phi) is 3.28. The lowest BCUT2D eigenvalue weighted by atomic mass is 9.93. The Morgan fingerprint density at radius 1 is 1.31 bits per heavy atom. The molecule has 1 atom stereocenters. The van der Waals surface area contributed by atoms with Crippen molar-refractivity contribution in [3.05, 3.63) is 29.3 Å². The molecule has 0 radical (unpaired) electrons. The minimum atomic E-state index is 0.154. The number of rotatable bonds is 0. The van der Waals surface area contributed by atoms with E-state index in [4.69, 9.17) is 0 Å². The van der Waals surface area contributed by atoms with Crippen LogP contribution in [0.2, 0.25) is 0 Å². The molecule has 1 aliphatic rings. The molecule has 2 nitrogen and oxygen atoms in total. The van der Waals surface area contributed by atoms with Crippen LogP contribution < -0.4 is 5.32 Å². The van der Waals surface area contributed by atoms with Crippen LogP contribution in [-0.2, 0) is 4.79 Å². The lowest BCUT2D eigenvalue weighted by Gasteiger charge is -2.15. The molecule has 1 heterocycles. The molecule has 1 amide bonds. The van der Waals surface area contributed by atoms with Gasteiger partial charge >= 0.3 is 0 Å². The van der Waals surface area contributed by atoms with Gasteiger partial charge < -0.3 is 5.32 Å². The third kappa shape index (κ3) is 2.43. The third-order valence-corrected chi connectivity index (χ3v) is 3.30. The van der Waals surface area contributed by atoms with Gasteiger partial charge in [0.05, 0.1) is 0 Å². The highest BCUT2D eigenvalue weighted by atomic mass is 16.1. The molecule has 0 bridgehead atoms. The van der Waals surface area contributed by atoms with E-state index in [0.717, 1.165) is 18.5 Å². The van der Waals surface area contributed by atoms with E-state index in [1.165, 1.54) is 17.5 Å². The van der Waals surface area contributed by atoms with Crippen molar-refractivity contribution < 1.29 is 4.79 Å². The highest BCUT2D eigenvalue weighted by Crippen LogP contribution is 2.30. The Morgan fingerprint density at radius 3 is 2.94 bits per heavy atom. The van der Waals surface area contributed by atoms with E-state index in [1.54, 1.807) is 0 Å². The molecule has 1 aromatic carbocycles. The van der Waals surface area contributed by atoms with Gasteiger partial charge in [-0.3, -0.25) is 4.79 Å². The third-order valence-electron chi connectivity index (χ3n) is 3.30. The van der Waals surface area contributed by atoms with Crippen molar-refractivity contribution in [1.29, 1.82) is 0 Å². The second-order valence-corrected chi connectivity index (χ2v) is 4.79. The first-order valence-corrected chi connectivity index (χ1v) is 6.07. The monoisotopic (exact) mass is 217 g/mol. The van der Waals surface area contributed by atoms with E-state index < -0.39 is 0 Å². The van der Waals surface area contributed by atoms with Crippen LogP contribution in [0, 0.1) is 6.92 Å². The number of nitrogens with one attached hydrogen (secondary N) is 1. The molecule has 1 unspecified atom stereocenters. The van der Waals surface area contributed by atoms with Gasteiger partial charge in [0, 0.05) is 12.1 Å². The molecule has 1 aromatic rings. The quantitative estimate of drug-likeness (QED) is 0.706. The minimum absolute atomic E-state index is 0.154. The van der Waals surface area contributed by atoms with Crippen molar-refractivity contribution in [3.63, 3.8) is 0 Å². The zero-order valence-electron chi connectivity index (χ0n) is 10.0. The summed E-state index contributed by atoms with van der Waals surface area (Å²) in [5.74, 6) is 0.690.